The fraction of sp³-hybridized carbons (Fsp3) is 0.200. The van der Waals surface area contributed by atoms with Gasteiger partial charge in [0.2, 0.25) is 0 Å². The van der Waals surface area contributed by atoms with Crippen LogP contribution in [-0.4, -0.2) is 8.80 Å². The minimum Gasteiger partial charge on any atom is -0.0705 e. The van der Waals surface area contributed by atoms with Gasteiger partial charge >= 0.3 is 0 Å². The lowest BCUT2D eigenvalue weighted by molar-refractivity contribution is 1.16. The molecule has 1 unspecified atom stereocenters. The Bertz CT molecular complexity index is 575. The molecule has 1 aliphatic rings. The van der Waals surface area contributed by atoms with Crippen LogP contribution in [0.5, 0.6) is 0 Å². The van der Waals surface area contributed by atoms with Crippen LogP contribution in [0.1, 0.15) is 16.7 Å². The van der Waals surface area contributed by atoms with Gasteiger partial charge in [-0.2, -0.15) is 0 Å². The van der Waals surface area contributed by atoms with Crippen LogP contribution in [0, 0.1) is 0 Å². The number of halogens is 1. The van der Waals surface area contributed by atoms with Crippen molar-refractivity contribution < 1.29 is 0 Å². The molecule has 0 fully saturated rings. The van der Waals surface area contributed by atoms with Crippen molar-refractivity contribution in [3.05, 3.63) is 58.1 Å². The normalized spacial score (nSPS) is 17.1. The van der Waals surface area contributed by atoms with Crippen molar-refractivity contribution in [2.75, 3.05) is 0 Å². The maximum absolute atomic E-state index is 3.58. The average Bonchev–Trinajstić information content (AvgIpc) is 2.63. The third-order valence-electron chi connectivity index (χ3n) is 3.47. The zero-order valence-corrected chi connectivity index (χ0v) is 12.6. The molecule has 0 saturated carbocycles. The van der Waals surface area contributed by atoms with Crippen molar-refractivity contribution >= 4 is 24.7 Å². The van der Waals surface area contributed by atoms with Crippen molar-refractivity contribution in [1.82, 2.24) is 0 Å². The van der Waals surface area contributed by atoms with Gasteiger partial charge in [-0.1, -0.05) is 59.4 Å². The summed E-state index contributed by atoms with van der Waals surface area (Å²) in [6, 6.07) is 15.6. The van der Waals surface area contributed by atoms with Gasteiger partial charge in [0, 0.05) is 10.0 Å². The zero-order valence-electron chi connectivity index (χ0n) is 10.00. The van der Waals surface area contributed by atoms with Crippen molar-refractivity contribution in [2.24, 2.45) is 0 Å². The molecule has 0 amide bonds. The highest BCUT2D eigenvalue weighted by Crippen LogP contribution is 2.46. The zero-order chi connectivity index (χ0) is 12.0. The molecule has 1 atom stereocenters. The first-order valence-corrected chi connectivity index (χ1v) is 9.24. The van der Waals surface area contributed by atoms with Gasteiger partial charge in [0.05, 0.1) is 8.80 Å². The quantitative estimate of drug-likeness (QED) is 0.660. The Labute approximate surface area is 112 Å². The molecular weight excluding hydrogens is 288 g/mol. The van der Waals surface area contributed by atoms with E-state index < -0.39 is 0 Å². The summed E-state index contributed by atoms with van der Waals surface area (Å²) < 4.78 is 1.17. The largest absolute Gasteiger partial charge is 0.0705 e. The lowest BCUT2D eigenvalue weighted by atomic mass is 10.1. The molecule has 0 aliphatic heterocycles. The van der Waals surface area contributed by atoms with Gasteiger partial charge in [-0.05, 0) is 34.4 Å². The van der Waals surface area contributed by atoms with Crippen molar-refractivity contribution in [3.8, 4) is 11.1 Å². The van der Waals surface area contributed by atoms with Crippen LogP contribution in [0.3, 0.4) is 0 Å². The fourth-order valence-electron chi connectivity index (χ4n) is 2.80. The van der Waals surface area contributed by atoms with Gasteiger partial charge in [0.25, 0.3) is 0 Å². The smallest absolute Gasteiger partial charge is 0.0556 e. The molecule has 17 heavy (non-hydrogen) atoms. The maximum atomic E-state index is 3.58. The molecule has 2 heteroatoms. The van der Waals surface area contributed by atoms with E-state index in [2.05, 4.69) is 71.5 Å². The van der Waals surface area contributed by atoms with Crippen LogP contribution >= 0.6 is 15.9 Å². The average molecular weight is 302 g/mol. The second-order valence-corrected chi connectivity index (χ2v) is 8.48. The summed E-state index contributed by atoms with van der Waals surface area (Å²) in [7, 11) is -0.364. The van der Waals surface area contributed by atoms with Crippen LogP contribution < -0.4 is 0 Å². The van der Waals surface area contributed by atoms with E-state index in [9.17, 15) is 0 Å². The van der Waals surface area contributed by atoms with Gasteiger partial charge in [-0.15, -0.1) is 0 Å². The Morgan fingerprint density at radius 3 is 2.41 bits per heavy atom. The molecule has 1 radical (unpaired) electrons. The van der Waals surface area contributed by atoms with Crippen LogP contribution in [0.4, 0.5) is 0 Å². The van der Waals surface area contributed by atoms with E-state index in [0.29, 0.717) is 5.54 Å². The van der Waals surface area contributed by atoms with Crippen molar-refractivity contribution in [2.45, 2.75) is 18.6 Å². The summed E-state index contributed by atoms with van der Waals surface area (Å²) in [5.74, 6) is 0. The van der Waals surface area contributed by atoms with Crippen molar-refractivity contribution in [1.29, 1.82) is 0 Å². The van der Waals surface area contributed by atoms with Gasteiger partial charge in [-0.25, -0.2) is 0 Å². The van der Waals surface area contributed by atoms with Crippen molar-refractivity contribution in [3.63, 3.8) is 0 Å². The van der Waals surface area contributed by atoms with E-state index in [1.807, 2.05) is 0 Å². The first kappa shape index (κ1) is 11.2. The highest BCUT2D eigenvalue weighted by Gasteiger charge is 2.30. The number of rotatable bonds is 1. The van der Waals surface area contributed by atoms with E-state index in [1.165, 1.54) is 26.7 Å². The van der Waals surface area contributed by atoms with Crippen LogP contribution in [0.2, 0.25) is 13.1 Å². The third kappa shape index (κ3) is 1.71. The van der Waals surface area contributed by atoms with E-state index in [1.54, 1.807) is 0 Å². The molecule has 0 aromatic heterocycles. The lowest BCUT2D eigenvalue weighted by Gasteiger charge is -2.16. The summed E-state index contributed by atoms with van der Waals surface area (Å²) in [6.45, 7) is 4.81. The number of hydrogen-bond acceptors (Lipinski definition) is 0. The standard InChI is InChI=1S/C15H14BrSi/c1-17(2)15-12-6-4-3-5-11(12)14-9-10(16)7-8-13(14)15/h3-9,15H,1-2H3. The second-order valence-electron chi connectivity index (χ2n) is 4.83. The highest BCUT2D eigenvalue weighted by atomic mass is 79.9. The molecule has 0 spiro atoms. The van der Waals surface area contributed by atoms with Gasteiger partial charge in [0.1, 0.15) is 0 Å². The fourth-order valence-corrected chi connectivity index (χ4v) is 4.91. The summed E-state index contributed by atoms with van der Waals surface area (Å²) in [5.41, 5.74) is 6.55. The summed E-state index contributed by atoms with van der Waals surface area (Å²) in [4.78, 5) is 0. The molecule has 0 heterocycles. The molecule has 3 rings (SSSR count). The van der Waals surface area contributed by atoms with E-state index >= 15 is 0 Å². The Morgan fingerprint density at radius 1 is 0.941 bits per heavy atom. The van der Waals surface area contributed by atoms with E-state index in [4.69, 9.17) is 0 Å². The first-order chi connectivity index (χ1) is 8.18. The monoisotopic (exact) mass is 301 g/mol. The molecule has 0 N–H and O–H groups in total. The minimum absolute atomic E-state index is 0.364. The predicted octanol–water partition coefficient (Wildman–Crippen LogP) is 4.86. The summed E-state index contributed by atoms with van der Waals surface area (Å²) in [6.07, 6.45) is 0. The van der Waals surface area contributed by atoms with Crippen LogP contribution in [0.15, 0.2) is 46.9 Å². The summed E-state index contributed by atoms with van der Waals surface area (Å²) >= 11 is 3.58. The van der Waals surface area contributed by atoms with Crippen LogP contribution in [0.25, 0.3) is 11.1 Å². The molecule has 2 aromatic rings. The van der Waals surface area contributed by atoms with E-state index in [-0.39, 0.29) is 8.80 Å². The van der Waals surface area contributed by atoms with Gasteiger partial charge in [0.15, 0.2) is 0 Å². The Morgan fingerprint density at radius 2 is 1.65 bits per heavy atom. The van der Waals surface area contributed by atoms with E-state index in [0.717, 1.165) is 0 Å². The molecule has 1 aliphatic carbocycles. The molecular formula is C15H14BrSi. The predicted molar refractivity (Wildman–Crippen MR) is 78.9 cm³/mol. The summed E-state index contributed by atoms with van der Waals surface area (Å²) in [5, 5.41) is 0. The number of benzene rings is 2. The number of fused-ring (bicyclic) bond motifs is 3. The topological polar surface area (TPSA) is 0 Å². The lowest BCUT2D eigenvalue weighted by Crippen LogP contribution is -2.14. The number of hydrogen-bond donors (Lipinski definition) is 0. The maximum Gasteiger partial charge on any atom is 0.0556 e. The minimum atomic E-state index is -0.364. The van der Waals surface area contributed by atoms with Gasteiger partial charge < -0.3 is 0 Å². The molecule has 0 saturated heterocycles. The third-order valence-corrected chi connectivity index (χ3v) is 5.74. The molecule has 85 valence electrons. The van der Waals surface area contributed by atoms with Crippen LogP contribution in [-0.2, 0) is 0 Å². The first-order valence-electron chi connectivity index (χ1n) is 5.87. The SMILES string of the molecule is C[Si](C)C1c2ccccc2-c2cc(Br)ccc21. The molecule has 0 nitrogen and oxygen atoms in total. The second kappa shape index (κ2) is 4.11. The Hall–Kier alpha value is -0.863. The highest BCUT2D eigenvalue weighted by molar-refractivity contribution is 9.10. The Balaban J connectivity index is 2.30. The molecule has 0 bridgehead atoms. The Kier molecular flexibility index (Phi) is 2.72. The molecule has 2 aromatic carbocycles. The van der Waals surface area contributed by atoms with Gasteiger partial charge in [-0.3, -0.25) is 0 Å².